The molecule has 0 saturated carbocycles. The Bertz CT molecular complexity index is 2730. The second kappa shape index (κ2) is 26.8. The van der Waals surface area contributed by atoms with Crippen molar-refractivity contribution in [1.82, 2.24) is 40.2 Å². The number of hydrogen-bond acceptors (Lipinski definition) is 14. The number of aromatic nitrogens is 4. The molecular weight excluding hydrogens is 1030 g/mol. The van der Waals surface area contributed by atoms with Crippen molar-refractivity contribution in [1.29, 1.82) is 0 Å². The molecule has 22 heteroatoms. The van der Waals surface area contributed by atoms with Gasteiger partial charge in [-0.15, -0.1) is 11.3 Å². The van der Waals surface area contributed by atoms with Gasteiger partial charge in [0, 0.05) is 74.0 Å². The molecule has 2 aliphatic rings. The van der Waals surface area contributed by atoms with E-state index in [0.29, 0.717) is 42.6 Å². The van der Waals surface area contributed by atoms with Crippen molar-refractivity contribution in [3.8, 4) is 27.3 Å². The van der Waals surface area contributed by atoms with Crippen LogP contribution < -0.4 is 21.1 Å². The maximum Gasteiger partial charge on any atom is 0.246 e. The van der Waals surface area contributed by atoms with Crippen molar-refractivity contribution in [2.24, 2.45) is 5.41 Å². The van der Waals surface area contributed by atoms with Gasteiger partial charge < -0.3 is 50.2 Å². The molecule has 2 saturated heterocycles. The van der Waals surface area contributed by atoms with Gasteiger partial charge >= 0.3 is 0 Å². The quantitative estimate of drug-likeness (QED) is 0.0368. The third kappa shape index (κ3) is 15.7. The summed E-state index contributed by atoms with van der Waals surface area (Å²) in [5.41, 5.74) is 12.1. The molecule has 75 heavy (non-hydrogen) atoms. The van der Waals surface area contributed by atoms with Crippen molar-refractivity contribution in [3.63, 3.8) is 0 Å². The molecule has 3 atom stereocenters. The van der Waals surface area contributed by atoms with Crippen LogP contribution >= 0.6 is 34.5 Å². The SMILES string of the molecule is Cc1ncsc1-c1ccc(CNC(=O)[C@@H]2C[C@@H](O)CN2C(=O)[C@@H](NC(=O)CCOCCOCCOCCC(=O)N2CCC(n3cc(-c4cnc(N)c(OCCc5c(Cl)ccc(F)c5Cl)c4)cn3)CC2)C(C)(C)C)cc1. The Morgan fingerprint density at radius 1 is 0.907 bits per heavy atom. The van der Waals surface area contributed by atoms with Crippen LogP contribution in [0.25, 0.3) is 21.6 Å². The van der Waals surface area contributed by atoms with Crippen LogP contribution in [0.2, 0.25) is 10.0 Å². The van der Waals surface area contributed by atoms with Crippen molar-refractivity contribution in [2.45, 2.75) is 97.0 Å². The van der Waals surface area contributed by atoms with Crippen LogP contribution in [0.3, 0.4) is 0 Å². The normalized spacial score (nSPS) is 16.5. The minimum Gasteiger partial charge on any atom is -0.489 e. The first-order valence-electron chi connectivity index (χ1n) is 25.1. The first-order valence-corrected chi connectivity index (χ1v) is 26.7. The van der Waals surface area contributed by atoms with E-state index in [1.54, 1.807) is 29.8 Å². The summed E-state index contributed by atoms with van der Waals surface area (Å²) in [6.07, 6.45) is 6.57. The molecule has 2 aliphatic heterocycles. The van der Waals surface area contributed by atoms with E-state index in [0.717, 1.165) is 45.7 Å². The number of carbonyl (C=O) groups excluding carboxylic acids is 4. The van der Waals surface area contributed by atoms with Crippen LogP contribution in [0.1, 0.15) is 75.7 Å². The predicted molar refractivity (Wildman–Crippen MR) is 284 cm³/mol. The molecule has 4 amide bonds. The Hall–Kier alpha value is -5.74. The number of aliphatic hydroxyl groups is 1. The van der Waals surface area contributed by atoms with Crippen LogP contribution in [-0.2, 0) is 46.4 Å². The Morgan fingerprint density at radius 2 is 1.60 bits per heavy atom. The molecule has 7 rings (SSSR count). The van der Waals surface area contributed by atoms with Crippen molar-refractivity contribution in [2.75, 3.05) is 71.6 Å². The van der Waals surface area contributed by atoms with Gasteiger partial charge in [0.25, 0.3) is 0 Å². The van der Waals surface area contributed by atoms with Gasteiger partial charge in [0.05, 0.1) is 92.1 Å². The molecule has 0 spiro atoms. The van der Waals surface area contributed by atoms with Gasteiger partial charge in [0.15, 0.2) is 11.6 Å². The number of nitrogen functional groups attached to an aromatic ring is 1. The van der Waals surface area contributed by atoms with E-state index >= 15 is 0 Å². The number of likely N-dealkylation sites (tertiary alicyclic amines) is 2. The lowest BCUT2D eigenvalue weighted by atomic mass is 9.85. The zero-order valence-corrected chi connectivity index (χ0v) is 45.0. The lowest BCUT2D eigenvalue weighted by Crippen LogP contribution is -2.57. The molecule has 18 nitrogen and oxygen atoms in total. The van der Waals surface area contributed by atoms with Gasteiger partial charge in [0.2, 0.25) is 23.6 Å². The molecule has 2 aromatic carbocycles. The number of hydrogen-bond donors (Lipinski definition) is 4. The van der Waals surface area contributed by atoms with E-state index in [2.05, 4.69) is 25.7 Å². The van der Waals surface area contributed by atoms with Gasteiger partial charge in [-0.1, -0.05) is 68.2 Å². The van der Waals surface area contributed by atoms with Crippen LogP contribution in [-0.4, -0.2) is 142 Å². The Balaban J connectivity index is 0.731. The maximum absolute atomic E-state index is 14.0. The van der Waals surface area contributed by atoms with Crippen LogP contribution in [0.4, 0.5) is 10.2 Å². The number of amides is 4. The van der Waals surface area contributed by atoms with Crippen LogP contribution in [0.5, 0.6) is 5.75 Å². The van der Waals surface area contributed by atoms with E-state index in [1.165, 1.54) is 17.0 Å². The standard InChI is InChI=1S/C53H66Cl2FN9O9S/c1-33-48(75-32-60-33)35-7-5-34(6-8-35)27-59-51(69)43-26-39(66)31-64(43)52(70)49(53(2,3)4)62-45(67)14-18-71-21-23-73-24-22-72-19-15-46(68)63-16-11-38(12-17-63)65-30-37(29-61-65)36-25-44(50(57)58-28-36)74-20-13-40-41(54)9-10-42(56)47(40)55/h5-10,25,28-30,32,38-39,43,49,66H,11-24,26-27,31H2,1-4H3,(H2,57,58)(H,59,69)(H,62,67)/t39-,43+,49-/m1/s1. The molecule has 0 bridgehead atoms. The third-order valence-electron chi connectivity index (χ3n) is 13.1. The topological polar surface area (TPSA) is 226 Å². The fourth-order valence-corrected chi connectivity index (χ4v) is 10.3. The average molecular weight is 1100 g/mol. The Kier molecular flexibility index (Phi) is 20.4. The number of aliphatic hydroxyl groups excluding tert-OH is 1. The molecule has 5 aromatic rings. The van der Waals surface area contributed by atoms with Crippen molar-refractivity contribution in [3.05, 3.63) is 99.2 Å². The zero-order chi connectivity index (χ0) is 53.6. The molecule has 5 heterocycles. The number of anilines is 1. The minimum atomic E-state index is -0.948. The van der Waals surface area contributed by atoms with Crippen molar-refractivity contribution >= 4 is 64.0 Å². The number of rotatable bonds is 24. The highest BCUT2D eigenvalue weighted by atomic mass is 35.5. The number of nitrogens with one attached hydrogen (secondary N) is 2. The summed E-state index contributed by atoms with van der Waals surface area (Å²) in [5, 5.41) is 21.3. The highest BCUT2D eigenvalue weighted by Gasteiger charge is 2.44. The van der Waals surface area contributed by atoms with E-state index in [-0.39, 0.29) is 106 Å². The summed E-state index contributed by atoms with van der Waals surface area (Å²) in [4.78, 5) is 66.4. The largest absolute Gasteiger partial charge is 0.489 e. The third-order valence-corrected chi connectivity index (χ3v) is 14.9. The van der Waals surface area contributed by atoms with Crippen LogP contribution in [0, 0.1) is 18.2 Å². The molecule has 0 aliphatic carbocycles. The number of nitrogens with two attached hydrogens (primary N) is 1. The fourth-order valence-electron chi connectivity index (χ4n) is 8.89. The predicted octanol–water partition coefficient (Wildman–Crippen LogP) is 6.83. The second-order valence-electron chi connectivity index (χ2n) is 19.6. The van der Waals surface area contributed by atoms with Crippen molar-refractivity contribution < 1.29 is 47.6 Å². The molecular formula is C53H66Cl2FN9O9S. The van der Waals surface area contributed by atoms with E-state index < -0.39 is 35.3 Å². The summed E-state index contributed by atoms with van der Waals surface area (Å²) in [5.74, 6) is -1.15. The number of thiazole rings is 1. The number of piperidine rings is 1. The summed E-state index contributed by atoms with van der Waals surface area (Å²) in [7, 11) is 0. The van der Waals surface area contributed by atoms with Gasteiger partial charge in [0.1, 0.15) is 17.9 Å². The molecule has 404 valence electrons. The maximum atomic E-state index is 14.0. The first-order chi connectivity index (χ1) is 36.0. The second-order valence-corrected chi connectivity index (χ2v) is 21.3. The average Bonchev–Trinajstić information content (AvgIpc) is 4.17. The highest BCUT2D eigenvalue weighted by molar-refractivity contribution is 7.13. The lowest BCUT2D eigenvalue weighted by molar-refractivity contribution is -0.144. The lowest BCUT2D eigenvalue weighted by Gasteiger charge is -2.35. The van der Waals surface area contributed by atoms with Gasteiger partial charge in [-0.2, -0.15) is 5.10 Å². The summed E-state index contributed by atoms with van der Waals surface area (Å²) in [6, 6.07) is 10.6. The Labute approximate surface area is 450 Å². The number of β-amino-alcohol motifs (C(OH)–C–C–N with tert-alkyl or cyclic N) is 1. The monoisotopic (exact) mass is 1090 g/mol. The number of carbonyl (C=O) groups is 4. The molecule has 0 unspecified atom stereocenters. The first kappa shape index (κ1) is 57.0. The van der Waals surface area contributed by atoms with Crippen LogP contribution in [0.15, 0.2) is 66.6 Å². The number of ether oxygens (including phenoxy) is 4. The molecule has 0 radical (unpaired) electrons. The van der Waals surface area contributed by atoms with E-state index in [4.69, 9.17) is 47.9 Å². The summed E-state index contributed by atoms with van der Waals surface area (Å²) in [6.45, 7) is 10.5. The highest BCUT2D eigenvalue weighted by Crippen LogP contribution is 2.33. The number of benzene rings is 2. The van der Waals surface area contributed by atoms with Gasteiger partial charge in [-0.25, -0.2) is 14.4 Å². The summed E-state index contributed by atoms with van der Waals surface area (Å²) >= 11 is 13.9. The smallest absolute Gasteiger partial charge is 0.246 e. The number of halogens is 3. The number of pyridine rings is 1. The fraction of sp³-hybridized carbons (Fsp3) is 0.491. The van der Waals surface area contributed by atoms with E-state index in [9.17, 15) is 28.7 Å². The molecule has 3 aromatic heterocycles. The Morgan fingerprint density at radius 3 is 2.28 bits per heavy atom. The molecule has 5 N–H and O–H groups in total. The van der Waals surface area contributed by atoms with E-state index in [1.807, 2.05) is 73.2 Å². The summed E-state index contributed by atoms with van der Waals surface area (Å²) < 4.78 is 38.7. The number of nitrogens with zero attached hydrogens (tertiary/aromatic N) is 6. The minimum absolute atomic E-state index is 0.00336. The zero-order valence-electron chi connectivity index (χ0n) is 42.7. The van der Waals surface area contributed by atoms with Gasteiger partial charge in [-0.3, -0.25) is 23.9 Å². The number of aryl methyl sites for hydroxylation is 1. The molecule has 2 fully saturated rings. The van der Waals surface area contributed by atoms with Gasteiger partial charge in [-0.05, 0) is 60.1 Å².